The quantitative estimate of drug-likeness (QED) is 0.843. The molecular formula is C19H23N3O3S. The summed E-state index contributed by atoms with van der Waals surface area (Å²) >= 11 is 1.65. The highest BCUT2D eigenvalue weighted by Gasteiger charge is 2.35. The summed E-state index contributed by atoms with van der Waals surface area (Å²) in [5.41, 5.74) is 1.27. The highest BCUT2D eigenvalue weighted by atomic mass is 32.1. The minimum atomic E-state index is -0.484. The van der Waals surface area contributed by atoms with Gasteiger partial charge in [0.2, 0.25) is 5.91 Å². The number of hydrogen-bond donors (Lipinski definition) is 2. The third-order valence-corrected chi connectivity index (χ3v) is 5.79. The molecule has 2 N–H and O–H groups in total. The number of para-hydroxylation sites is 1. The molecule has 2 aromatic rings. The van der Waals surface area contributed by atoms with Crippen LogP contribution in [-0.4, -0.2) is 45.9 Å². The van der Waals surface area contributed by atoms with Gasteiger partial charge in [-0.25, -0.2) is 4.98 Å². The van der Waals surface area contributed by atoms with Crippen molar-refractivity contribution < 1.29 is 14.7 Å². The Morgan fingerprint density at radius 3 is 2.81 bits per heavy atom. The summed E-state index contributed by atoms with van der Waals surface area (Å²) in [7, 11) is 0. The maximum atomic E-state index is 12.7. The molecule has 6 nitrogen and oxygen atoms in total. The van der Waals surface area contributed by atoms with Gasteiger partial charge >= 0.3 is 0 Å². The number of nitrogens with one attached hydrogen (secondary N) is 1. The van der Waals surface area contributed by atoms with Gasteiger partial charge in [0, 0.05) is 24.4 Å². The number of phenolic OH excluding ortho intramolecular Hbond substituents is 1. The largest absolute Gasteiger partial charge is 0.507 e. The number of aromatic hydroxyl groups is 1. The fraction of sp³-hybridized carbons (Fsp3) is 0.421. The van der Waals surface area contributed by atoms with Crippen molar-refractivity contribution in [2.45, 2.75) is 39.2 Å². The van der Waals surface area contributed by atoms with Crippen LogP contribution in [-0.2, 0) is 11.2 Å². The second-order valence-electron chi connectivity index (χ2n) is 6.46. The summed E-state index contributed by atoms with van der Waals surface area (Å²) in [6.07, 6.45) is 2.11. The van der Waals surface area contributed by atoms with Gasteiger partial charge in [-0.1, -0.05) is 12.1 Å². The molecule has 2 heterocycles. The predicted octanol–water partition coefficient (Wildman–Crippen LogP) is 2.43. The fourth-order valence-corrected chi connectivity index (χ4v) is 4.08. The molecule has 1 fully saturated rings. The molecule has 138 valence electrons. The summed E-state index contributed by atoms with van der Waals surface area (Å²) in [6, 6.07) is 5.95. The Balaban J connectivity index is 1.59. The third-order valence-electron chi connectivity index (χ3n) is 4.66. The number of aryl methyl sites for hydroxylation is 2. The average Bonchev–Trinajstić information content (AvgIpc) is 3.22. The van der Waals surface area contributed by atoms with Crippen molar-refractivity contribution in [3.8, 4) is 5.75 Å². The van der Waals surface area contributed by atoms with E-state index in [-0.39, 0.29) is 23.1 Å². The summed E-state index contributed by atoms with van der Waals surface area (Å²) in [5, 5.41) is 13.8. The molecule has 0 radical (unpaired) electrons. The Labute approximate surface area is 156 Å². The lowest BCUT2D eigenvalue weighted by Gasteiger charge is -2.24. The van der Waals surface area contributed by atoms with Crippen LogP contribution in [0.2, 0.25) is 0 Å². The predicted molar refractivity (Wildman–Crippen MR) is 100 cm³/mol. The Morgan fingerprint density at radius 2 is 2.12 bits per heavy atom. The van der Waals surface area contributed by atoms with Crippen LogP contribution in [0.1, 0.15) is 38.8 Å². The number of nitrogens with zero attached hydrogens (tertiary/aromatic N) is 2. The molecule has 1 unspecified atom stereocenters. The smallest absolute Gasteiger partial charge is 0.258 e. The van der Waals surface area contributed by atoms with Crippen molar-refractivity contribution in [3.05, 3.63) is 45.4 Å². The first kappa shape index (κ1) is 18.4. The lowest BCUT2D eigenvalue weighted by atomic mass is 10.1. The summed E-state index contributed by atoms with van der Waals surface area (Å²) < 4.78 is 0. The van der Waals surface area contributed by atoms with Crippen molar-refractivity contribution in [1.82, 2.24) is 15.2 Å². The number of amides is 2. The summed E-state index contributed by atoms with van der Waals surface area (Å²) in [4.78, 5) is 32.5. The van der Waals surface area contributed by atoms with E-state index in [1.165, 1.54) is 10.9 Å². The zero-order valence-corrected chi connectivity index (χ0v) is 15.8. The molecule has 7 heteroatoms. The number of benzene rings is 1. The number of rotatable bonds is 5. The van der Waals surface area contributed by atoms with Gasteiger partial charge in [-0.2, -0.15) is 0 Å². The monoisotopic (exact) mass is 373 g/mol. The number of aromatic nitrogens is 1. The van der Waals surface area contributed by atoms with E-state index in [1.807, 2.05) is 13.8 Å². The Hall–Kier alpha value is -2.41. The van der Waals surface area contributed by atoms with Crippen molar-refractivity contribution in [2.24, 2.45) is 0 Å². The van der Waals surface area contributed by atoms with E-state index in [0.717, 1.165) is 17.1 Å². The van der Waals surface area contributed by atoms with Crippen LogP contribution >= 0.6 is 11.3 Å². The minimum absolute atomic E-state index is 0.0573. The minimum Gasteiger partial charge on any atom is -0.507 e. The maximum absolute atomic E-state index is 12.7. The molecule has 2 amide bonds. The van der Waals surface area contributed by atoms with Crippen molar-refractivity contribution >= 4 is 23.2 Å². The first-order valence-electron chi connectivity index (χ1n) is 8.77. The van der Waals surface area contributed by atoms with Crippen LogP contribution in [0, 0.1) is 13.8 Å². The molecule has 1 aromatic carbocycles. The van der Waals surface area contributed by atoms with Gasteiger partial charge in [0.05, 0.1) is 16.3 Å². The SMILES string of the molecule is Cc1nc(CCNC(=O)C2CCCN2C(=O)c2ccccc2O)sc1C. The number of phenols is 1. The Kier molecular flexibility index (Phi) is 5.56. The van der Waals surface area contributed by atoms with Crippen LogP contribution in [0.3, 0.4) is 0 Å². The number of likely N-dealkylation sites (tertiary alicyclic amines) is 1. The molecule has 0 saturated carbocycles. The molecule has 3 rings (SSSR count). The molecule has 1 aromatic heterocycles. The molecule has 0 spiro atoms. The van der Waals surface area contributed by atoms with E-state index >= 15 is 0 Å². The molecule has 26 heavy (non-hydrogen) atoms. The second-order valence-corrected chi connectivity index (χ2v) is 7.75. The lowest BCUT2D eigenvalue weighted by Crippen LogP contribution is -2.46. The molecular weight excluding hydrogens is 350 g/mol. The van der Waals surface area contributed by atoms with Gasteiger partial charge in [0.25, 0.3) is 5.91 Å². The highest BCUT2D eigenvalue weighted by Crippen LogP contribution is 2.24. The van der Waals surface area contributed by atoms with E-state index in [9.17, 15) is 14.7 Å². The van der Waals surface area contributed by atoms with E-state index in [2.05, 4.69) is 10.3 Å². The van der Waals surface area contributed by atoms with Crippen molar-refractivity contribution in [1.29, 1.82) is 0 Å². The molecule has 0 aliphatic carbocycles. The zero-order valence-electron chi connectivity index (χ0n) is 15.0. The third kappa shape index (κ3) is 3.88. The maximum Gasteiger partial charge on any atom is 0.258 e. The number of hydrogen-bond acceptors (Lipinski definition) is 5. The first-order chi connectivity index (χ1) is 12.5. The van der Waals surface area contributed by atoms with Crippen molar-refractivity contribution in [2.75, 3.05) is 13.1 Å². The lowest BCUT2D eigenvalue weighted by molar-refractivity contribution is -0.124. The number of thiazole rings is 1. The van der Waals surface area contributed by atoms with Crippen LogP contribution < -0.4 is 5.32 Å². The van der Waals surface area contributed by atoms with E-state index < -0.39 is 6.04 Å². The molecule has 1 aliphatic rings. The first-order valence-corrected chi connectivity index (χ1v) is 9.58. The average molecular weight is 373 g/mol. The number of carbonyl (C=O) groups is 2. The molecule has 1 aliphatic heterocycles. The normalized spacial score (nSPS) is 16.7. The zero-order chi connectivity index (χ0) is 18.7. The van der Waals surface area contributed by atoms with Gasteiger partial charge in [0.15, 0.2) is 0 Å². The van der Waals surface area contributed by atoms with Gasteiger partial charge in [0.1, 0.15) is 11.8 Å². The number of carbonyl (C=O) groups excluding carboxylic acids is 2. The van der Waals surface area contributed by atoms with Gasteiger partial charge in [-0.05, 0) is 38.8 Å². The Morgan fingerprint density at radius 1 is 1.35 bits per heavy atom. The standard InChI is InChI=1S/C19H23N3O3S/c1-12-13(2)26-17(21-12)9-10-20-18(24)15-7-5-11-22(15)19(25)14-6-3-4-8-16(14)23/h3-4,6,8,15,23H,5,7,9-11H2,1-2H3,(H,20,24). The fourth-order valence-electron chi connectivity index (χ4n) is 3.15. The van der Waals surface area contributed by atoms with Crippen LogP contribution in [0.15, 0.2) is 24.3 Å². The second kappa shape index (κ2) is 7.86. The van der Waals surface area contributed by atoms with Crippen molar-refractivity contribution in [3.63, 3.8) is 0 Å². The van der Waals surface area contributed by atoms with Gasteiger partial charge < -0.3 is 15.3 Å². The van der Waals surface area contributed by atoms with Gasteiger partial charge in [-0.15, -0.1) is 11.3 Å². The van der Waals surface area contributed by atoms with E-state index in [0.29, 0.717) is 25.9 Å². The summed E-state index contributed by atoms with van der Waals surface area (Å²) in [5.74, 6) is -0.499. The summed E-state index contributed by atoms with van der Waals surface area (Å²) in [6.45, 7) is 5.04. The Bertz CT molecular complexity index is 799. The van der Waals surface area contributed by atoms with Gasteiger partial charge in [-0.3, -0.25) is 9.59 Å². The topological polar surface area (TPSA) is 82.5 Å². The van der Waals surface area contributed by atoms with Crippen LogP contribution in [0.5, 0.6) is 5.75 Å². The van der Waals surface area contributed by atoms with E-state index in [1.54, 1.807) is 34.4 Å². The molecule has 1 atom stereocenters. The van der Waals surface area contributed by atoms with Crippen LogP contribution in [0.4, 0.5) is 0 Å². The molecule has 1 saturated heterocycles. The van der Waals surface area contributed by atoms with Crippen LogP contribution in [0.25, 0.3) is 0 Å². The highest BCUT2D eigenvalue weighted by molar-refractivity contribution is 7.11. The van der Waals surface area contributed by atoms with E-state index in [4.69, 9.17) is 0 Å². The molecule has 0 bridgehead atoms.